The molecule has 1 fully saturated rings. The van der Waals surface area contributed by atoms with Gasteiger partial charge in [0.15, 0.2) is 0 Å². The number of likely N-dealkylation sites (tertiary alicyclic amines) is 1. The van der Waals surface area contributed by atoms with E-state index in [4.69, 9.17) is 17.3 Å². The normalized spacial score (nSPS) is 19.3. The van der Waals surface area contributed by atoms with Gasteiger partial charge in [-0.2, -0.15) is 0 Å². The molecule has 1 aromatic rings. The van der Waals surface area contributed by atoms with Crippen molar-refractivity contribution in [3.63, 3.8) is 0 Å². The monoisotopic (exact) mass is 359 g/mol. The number of halogens is 2. The quantitative estimate of drug-likeness (QED) is 0.860. The zero-order valence-electron chi connectivity index (χ0n) is 12.1. The average molecular weight is 361 g/mol. The summed E-state index contributed by atoms with van der Waals surface area (Å²) in [5, 5.41) is 4.36. The summed E-state index contributed by atoms with van der Waals surface area (Å²) in [5.41, 5.74) is 7.13. The Morgan fingerprint density at radius 2 is 2.05 bits per heavy atom. The molecule has 1 aromatic carbocycles. The Morgan fingerprint density at radius 3 is 2.55 bits per heavy atom. The first kappa shape index (κ1) is 16.1. The Kier molecular flexibility index (Phi) is 5.35. The standard InChI is InChI=1S/C15H23BrClN3/c1-11(2)20-7-5-15(10-18,6-8-20)19-12-3-4-14(17)13(16)9-12/h3-4,9,11,19H,5-8,10,18H2,1-2H3. The zero-order chi connectivity index (χ0) is 14.8. The highest BCUT2D eigenvalue weighted by Gasteiger charge is 2.33. The van der Waals surface area contributed by atoms with E-state index in [0.717, 1.165) is 41.1 Å². The largest absolute Gasteiger partial charge is 0.378 e. The third kappa shape index (κ3) is 3.67. The molecule has 3 N–H and O–H groups in total. The first-order valence-electron chi connectivity index (χ1n) is 7.13. The van der Waals surface area contributed by atoms with Crippen LogP contribution in [-0.4, -0.2) is 36.1 Å². The van der Waals surface area contributed by atoms with Crippen molar-refractivity contribution in [2.24, 2.45) is 5.73 Å². The van der Waals surface area contributed by atoms with Crippen molar-refractivity contribution in [2.75, 3.05) is 25.0 Å². The van der Waals surface area contributed by atoms with E-state index in [9.17, 15) is 0 Å². The molecule has 2 rings (SSSR count). The zero-order valence-corrected chi connectivity index (χ0v) is 14.5. The number of anilines is 1. The van der Waals surface area contributed by atoms with E-state index in [-0.39, 0.29) is 5.54 Å². The molecule has 0 radical (unpaired) electrons. The van der Waals surface area contributed by atoms with Crippen LogP contribution in [0.4, 0.5) is 5.69 Å². The van der Waals surface area contributed by atoms with Crippen molar-refractivity contribution in [2.45, 2.75) is 38.3 Å². The van der Waals surface area contributed by atoms with Gasteiger partial charge in [0.05, 0.1) is 10.6 Å². The van der Waals surface area contributed by atoms with E-state index < -0.39 is 0 Å². The lowest BCUT2D eigenvalue weighted by molar-refractivity contribution is 0.144. The van der Waals surface area contributed by atoms with Gasteiger partial charge in [0.1, 0.15) is 0 Å². The molecule has 112 valence electrons. The molecule has 1 heterocycles. The van der Waals surface area contributed by atoms with E-state index in [0.29, 0.717) is 12.6 Å². The van der Waals surface area contributed by atoms with E-state index in [1.165, 1.54) is 0 Å². The molecule has 0 aliphatic carbocycles. The van der Waals surface area contributed by atoms with Crippen LogP contribution in [0.3, 0.4) is 0 Å². The van der Waals surface area contributed by atoms with Crippen LogP contribution in [0.5, 0.6) is 0 Å². The maximum atomic E-state index is 6.06. The van der Waals surface area contributed by atoms with Gasteiger partial charge in [0.25, 0.3) is 0 Å². The Balaban J connectivity index is 2.07. The van der Waals surface area contributed by atoms with Crippen molar-refractivity contribution < 1.29 is 0 Å². The lowest BCUT2D eigenvalue weighted by Crippen LogP contribution is -2.54. The van der Waals surface area contributed by atoms with Crippen LogP contribution in [0.1, 0.15) is 26.7 Å². The van der Waals surface area contributed by atoms with Crippen molar-refractivity contribution in [3.8, 4) is 0 Å². The van der Waals surface area contributed by atoms with Gasteiger partial charge < -0.3 is 16.0 Å². The molecule has 20 heavy (non-hydrogen) atoms. The third-order valence-corrected chi connectivity index (χ3v) is 5.42. The van der Waals surface area contributed by atoms with Gasteiger partial charge in [-0.25, -0.2) is 0 Å². The van der Waals surface area contributed by atoms with Crippen LogP contribution in [-0.2, 0) is 0 Å². The molecule has 5 heteroatoms. The minimum Gasteiger partial charge on any atom is -0.378 e. The molecule has 0 unspecified atom stereocenters. The molecule has 0 aromatic heterocycles. The first-order valence-corrected chi connectivity index (χ1v) is 8.30. The van der Waals surface area contributed by atoms with Gasteiger partial charge in [-0.1, -0.05) is 11.6 Å². The van der Waals surface area contributed by atoms with Crippen LogP contribution in [0.15, 0.2) is 22.7 Å². The van der Waals surface area contributed by atoms with Gasteiger partial charge in [0, 0.05) is 35.8 Å². The average Bonchev–Trinajstić information content (AvgIpc) is 2.43. The molecular weight excluding hydrogens is 338 g/mol. The number of nitrogens with one attached hydrogen (secondary N) is 1. The van der Waals surface area contributed by atoms with Crippen molar-refractivity contribution in [1.82, 2.24) is 4.90 Å². The second-order valence-corrected chi connectivity index (χ2v) is 7.13. The van der Waals surface area contributed by atoms with E-state index >= 15 is 0 Å². The molecule has 0 amide bonds. The lowest BCUT2D eigenvalue weighted by Gasteiger charge is -2.43. The minimum absolute atomic E-state index is 0.00133. The summed E-state index contributed by atoms with van der Waals surface area (Å²) in [6.07, 6.45) is 2.14. The van der Waals surface area contributed by atoms with Crippen molar-refractivity contribution in [1.29, 1.82) is 0 Å². The van der Waals surface area contributed by atoms with Crippen LogP contribution in [0, 0.1) is 0 Å². The van der Waals surface area contributed by atoms with E-state index in [2.05, 4.69) is 40.0 Å². The molecule has 3 nitrogen and oxygen atoms in total. The van der Waals surface area contributed by atoms with Crippen molar-refractivity contribution >= 4 is 33.2 Å². The van der Waals surface area contributed by atoms with Crippen LogP contribution in [0.25, 0.3) is 0 Å². The Hall–Kier alpha value is -0.290. The van der Waals surface area contributed by atoms with Crippen molar-refractivity contribution in [3.05, 3.63) is 27.7 Å². The van der Waals surface area contributed by atoms with E-state index in [1.54, 1.807) is 0 Å². The maximum Gasteiger partial charge on any atom is 0.0549 e. The molecule has 1 aliphatic rings. The number of hydrogen-bond donors (Lipinski definition) is 2. The number of nitrogens with zero attached hydrogens (tertiary/aromatic N) is 1. The summed E-state index contributed by atoms with van der Waals surface area (Å²) in [7, 11) is 0. The van der Waals surface area contributed by atoms with Crippen LogP contribution >= 0.6 is 27.5 Å². The van der Waals surface area contributed by atoms with Gasteiger partial charge in [-0.05, 0) is 60.8 Å². The topological polar surface area (TPSA) is 41.3 Å². The van der Waals surface area contributed by atoms with E-state index in [1.807, 2.05) is 18.2 Å². The minimum atomic E-state index is -0.00133. The number of hydrogen-bond acceptors (Lipinski definition) is 3. The summed E-state index contributed by atoms with van der Waals surface area (Å²) < 4.78 is 0.913. The smallest absolute Gasteiger partial charge is 0.0549 e. The number of piperidine rings is 1. The third-order valence-electron chi connectivity index (χ3n) is 4.21. The molecule has 0 saturated carbocycles. The maximum absolute atomic E-state index is 6.06. The molecule has 0 bridgehead atoms. The molecule has 0 atom stereocenters. The fraction of sp³-hybridized carbons (Fsp3) is 0.600. The Morgan fingerprint density at radius 1 is 1.40 bits per heavy atom. The van der Waals surface area contributed by atoms with Gasteiger partial charge in [-0.3, -0.25) is 0 Å². The van der Waals surface area contributed by atoms with Gasteiger partial charge >= 0.3 is 0 Å². The SMILES string of the molecule is CC(C)N1CCC(CN)(Nc2ccc(Cl)c(Br)c2)CC1. The highest BCUT2D eigenvalue weighted by Crippen LogP contribution is 2.30. The fourth-order valence-electron chi connectivity index (χ4n) is 2.73. The second kappa shape index (κ2) is 6.65. The summed E-state index contributed by atoms with van der Waals surface area (Å²) in [6, 6.07) is 6.55. The Labute approximate surface area is 135 Å². The summed E-state index contributed by atoms with van der Waals surface area (Å²) in [6.45, 7) is 7.34. The predicted molar refractivity (Wildman–Crippen MR) is 90.5 cm³/mol. The van der Waals surface area contributed by atoms with Crippen LogP contribution < -0.4 is 11.1 Å². The number of rotatable bonds is 4. The molecule has 1 saturated heterocycles. The predicted octanol–water partition coefficient (Wildman–Crippen LogP) is 3.72. The first-order chi connectivity index (χ1) is 9.46. The fourth-order valence-corrected chi connectivity index (χ4v) is 3.23. The summed E-state index contributed by atoms with van der Waals surface area (Å²) in [5.74, 6) is 0. The lowest BCUT2D eigenvalue weighted by atomic mass is 9.86. The highest BCUT2D eigenvalue weighted by molar-refractivity contribution is 9.10. The Bertz CT molecular complexity index is 456. The second-order valence-electron chi connectivity index (χ2n) is 5.87. The highest BCUT2D eigenvalue weighted by atomic mass is 79.9. The number of benzene rings is 1. The summed E-state index contributed by atoms with van der Waals surface area (Å²) >= 11 is 9.51. The molecule has 1 aliphatic heterocycles. The van der Waals surface area contributed by atoms with Crippen LogP contribution in [0.2, 0.25) is 5.02 Å². The molecule has 0 spiro atoms. The summed E-state index contributed by atoms with van der Waals surface area (Å²) in [4.78, 5) is 2.51. The van der Waals surface area contributed by atoms with Gasteiger partial charge in [0.2, 0.25) is 0 Å². The molecular formula is C15H23BrClN3. The number of nitrogens with two attached hydrogens (primary N) is 1. The van der Waals surface area contributed by atoms with Gasteiger partial charge in [-0.15, -0.1) is 0 Å².